The molecule has 1 amide bonds. The van der Waals surface area contributed by atoms with Crippen LogP contribution < -0.4 is 20.3 Å². The van der Waals surface area contributed by atoms with E-state index < -0.39 is 0 Å². The first-order chi connectivity index (χ1) is 13.2. The number of amides is 1. The Balaban J connectivity index is 1.37. The lowest BCUT2D eigenvalue weighted by Gasteiger charge is -2.26. The molecule has 7 nitrogen and oxygen atoms in total. The second-order valence-electron chi connectivity index (χ2n) is 6.68. The fourth-order valence-corrected chi connectivity index (χ4v) is 3.43. The molecule has 1 aromatic heterocycles. The molecule has 0 aliphatic carbocycles. The predicted octanol–water partition coefficient (Wildman–Crippen LogP) is 1.71. The van der Waals surface area contributed by atoms with E-state index in [1.54, 1.807) is 19.2 Å². The molecule has 0 saturated carbocycles. The fraction of sp³-hybridized carbons (Fsp3) is 0.300. The molecular formula is C20H21N3O4. The van der Waals surface area contributed by atoms with E-state index in [4.69, 9.17) is 9.47 Å². The summed E-state index contributed by atoms with van der Waals surface area (Å²) in [7, 11) is 1.62. The van der Waals surface area contributed by atoms with Crippen molar-refractivity contribution >= 4 is 16.8 Å². The Hall–Kier alpha value is -3.22. The van der Waals surface area contributed by atoms with Crippen LogP contribution in [-0.4, -0.2) is 35.9 Å². The molecule has 1 aliphatic heterocycles. The Morgan fingerprint density at radius 3 is 2.96 bits per heavy atom. The summed E-state index contributed by atoms with van der Waals surface area (Å²) in [4.78, 5) is 24.6. The van der Waals surface area contributed by atoms with E-state index in [1.165, 1.54) is 4.68 Å². The van der Waals surface area contributed by atoms with Crippen molar-refractivity contribution in [2.45, 2.75) is 13.0 Å². The number of carbonyl (C=O) groups is 1. The minimum absolute atomic E-state index is 0.0362. The molecule has 3 aromatic rings. The number of methoxy groups -OCH3 is 1. The number of benzene rings is 2. The number of aromatic amines is 1. The molecular weight excluding hydrogens is 346 g/mol. The number of rotatable bonds is 5. The maximum Gasteiger partial charge on any atom is 0.274 e. The number of carbonyl (C=O) groups excluding carboxylic acids is 1. The van der Waals surface area contributed by atoms with Crippen molar-refractivity contribution < 1.29 is 14.3 Å². The third kappa shape index (κ3) is 3.40. The summed E-state index contributed by atoms with van der Waals surface area (Å²) in [5, 5.41) is 6.45. The number of para-hydroxylation sites is 2. The van der Waals surface area contributed by atoms with Crippen molar-refractivity contribution in [3.8, 4) is 11.5 Å². The molecule has 7 heteroatoms. The maximum absolute atomic E-state index is 12.3. The molecule has 1 aliphatic rings. The Bertz CT molecular complexity index is 1040. The van der Waals surface area contributed by atoms with Crippen LogP contribution in [0.15, 0.2) is 47.3 Å². The van der Waals surface area contributed by atoms with E-state index in [2.05, 4.69) is 10.4 Å². The number of nitrogens with zero attached hydrogens (tertiary/aromatic N) is 1. The van der Waals surface area contributed by atoms with Gasteiger partial charge in [0.25, 0.3) is 5.56 Å². The molecule has 2 N–H and O–H groups in total. The van der Waals surface area contributed by atoms with E-state index in [-0.39, 0.29) is 23.9 Å². The van der Waals surface area contributed by atoms with Crippen LogP contribution in [0.2, 0.25) is 0 Å². The van der Waals surface area contributed by atoms with E-state index >= 15 is 0 Å². The van der Waals surface area contributed by atoms with Crippen LogP contribution in [-0.2, 0) is 17.8 Å². The molecule has 0 spiro atoms. The third-order valence-corrected chi connectivity index (χ3v) is 4.80. The summed E-state index contributed by atoms with van der Waals surface area (Å²) in [6.07, 6.45) is 0.805. The van der Waals surface area contributed by atoms with Gasteiger partial charge in [0.2, 0.25) is 5.91 Å². The molecule has 140 valence electrons. The number of nitrogens with one attached hydrogen (secondary N) is 2. The van der Waals surface area contributed by atoms with Gasteiger partial charge < -0.3 is 14.8 Å². The summed E-state index contributed by atoms with van der Waals surface area (Å²) >= 11 is 0. The maximum atomic E-state index is 12.3. The fourth-order valence-electron chi connectivity index (χ4n) is 3.43. The van der Waals surface area contributed by atoms with Crippen LogP contribution >= 0.6 is 0 Å². The molecule has 0 radical (unpaired) electrons. The van der Waals surface area contributed by atoms with Crippen LogP contribution in [0.4, 0.5) is 0 Å². The summed E-state index contributed by atoms with van der Waals surface area (Å²) in [6, 6.07) is 13.0. The van der Waals surface area contributed by atoms with Crippen LogP contribution in [0, 0.1) is 5.92 Å². The minimum Gasteiger partial charge on any atom is -0.493 e. The van der Waals surface area contributed by atoms with E-state index in [1.807, 2.05) is 30.3 Å². The zero-order valence-corrected chi connectivity index (χ0v) is 15.0. The van der Waals surface area contributed by atoms with E-state index in [0.29, 0.717) is 18.5 Å². The molecule has 2 aromatic carbocycles. The molecule has 0 fully saturated rings. The molecule has 4 rings (SSSR count). The van der Waals surface area contributed by atoms with Gasteiger partial charge in [-0.1, -0.05) is 24.3 Å². The Kier molecular flexibility index (Phi) is 4.58. The van der Waals surface area contributed by atoms with Crippen LogP contribution in [0.5, 0.6) is 11.5 Å². The predicted molar refractivity (Wildman–Crippen MR) is 101 cm³/mol. The normalized spacial score (nSPS) is 15.8. The number of hydrogen-bond donors (Lipinski definition) is 2. The first-order valence-corrected chi connectivity index (χ1v) is 8.88. The third-order valence-electron chi connectivity index (χ3n) is 4.80. The minimum atomic E-state index is -0.208. The van der Waals surface area contributed by atoms with Gasteiger partial charge in [-0.25, -0.2) is 4.68 Å². The van der Waals surface area contributed by atoms with E-state index in [0.717, 1.165) is 29.0 Å². The van der Waals surface area contributed by atoms with Gasteiger partial charge in [-0.15, -0.1) is 0 Å². The van der Waals surface area contributed by atoms with Crippen molar-refractivity contribution in [1.29, 1.82) is 0 Å². The van der Waals surface area contributed by atoms with Gasteiger partial charge in [-0.2, -0.15) is 0 Å². The lowest BCUT2D eigenvalue weighted by atomic mass is 9.96. The highest BCUT2D eigenvalue weighted by Crippen LogP contribution is 2.35. The van der Waals surface area contributed by atoms with Gasteiger partial charge in [0.05, 0.1) is 24.6 Å². The van der Waals surface area contributed by atoms with E-state index in [9.17, 15) is 9.59 Å². The smallest absolute Gasteiger partial charge is 0.274 e. The average molecular weight is 367 g/mol. The molecule has 2 heterocycles. The Morgan fingerprint density at radius 2 is 2.15 bits per heavy atom. The highest BCUT2D eigenvalue weighted by atomic mass is 16.5. The molecule has 0 saturated heterocycles. The highest BCUT2D eigenvalue weighted by Gasteiger charge is 2.23. The largest absolute Gasteiger partial charge is 0.493 e. The highest BCUT2D eigenvalue weighted by molar-refractivity contribution is 5.79. The van der Waals surface area contributed by atoms with Crippen molar-refractivity contribution in [1.82, 2.24) is 15.1 Å². The SMILES string of the molecule is COc1cccc2c1OC[C@@H](CNC(=O)Cn1[nH]c3ccccc3c1=O)C2. The lowest BCUT2D eigenvalue weighted by molar-refractivity contribution is -0.122. The van der Waals surface area contributed by atoms with Gasteiger partial charge in [-0.3, -0.25) is 14.7 Å². The summed E-state index contributed by atoms with van der Waals surface area (Å²) in [5.74, 6) is 1.48. The number of ether oxygens (including phenoxy) is 2. The average Bonchev–Trinajstić information content (AvgIpc) is 3.01. The Labute approximate surface area is 155 Å². The van der Waals surface area contributed by atoms with Gasteiger partial charge >= 0.3 is 0 Å². The van der Waals surface area contributed by atoms with Gasteiger partial charge in [0.1, 0.15) is 6.54 Å². The van der Waals surface area contributed by atoms with Crippen LogP contribution in [0.1, 0.15) is 5.56 Å². The van der Waals surface area contributed by atoms with Crippen molar-refractivity contribution in [3.63, 3.8) is 0 Å². The standard InChI is InChI=1S/C20H21N3O4/c1-26-17-8-4-5-14-9-13(12-27-19(14)17)10-21-18(24)11-23-20(25)15-6-2-3-7-16(15)22-23/h2-8,13,22H,9-12H2,1H3,(H,21,24)/t13-/m1/s1. The van der Waals surface area contributed by atoms with Crippen molar-refractivity contribution in [2.75, 3.05) is 20.3 Å². The molecule has 1 atom stereocenters. The second-order valence-corrected chi connectivity index (χ2v) is 6.68. The van der Waals surface area contributed by atoms with Crippen molar-refractivity contribution in [3.05, 3.63) is 58.4 Å². The molecule has 0 unspecified atom stereocenters. The number of fused-ring (bicyclic) bond motifs is 2. The number of aromatic nitrogens is 2. The molecule has 0 bridgehead atoms. The number of hydrogen-bond acceptors (Lipinski definition) is 4. The van der Waals surface area contributed by atoms with Crippen LogP contribution in [0.3, 0.4) is 0 Å². The van der Waals surface area contributed by atoms with Crippen LogP contribution in [0.25, 0.3) is 10.9 Å². The summed E-state index contributed by atoms with van der Waals surface area (Å²) < 4.78 is 12.5. The van der Waals surface area contributed by atoms with Gasteiger partial charge in [0.15, 0.2) is 11.5 Å². The number of H-pyrrole nitrogens is 1. The Morgan fingerprint density at radius 1 is 1.30 bits per heavy atom. The van der Waals surface area contributed by atoms with Crippen molar-refractivity contribution in [2.24, 2.45) is 5.92 Å². The zero-order chi connectivity index (χ0) is 18.8. The lowest BCUT2D eigenvalue weighted by Crippen LogP contribution is -2.37. The zero-order valence-electron chi connectivity index (χ0n) is 15.0. The topological polar surface area (TPSA) is 85.3 Å². The quantitative estimate of drug-likeness (QED) is 0.719. The summed E-state index contributed by atoms with van der Waals surface area (Å²) in [5.41, 5.74) is 1.61. The first kappa shape index (κ1) is 17.2. The second kappa shape index (κ2) is 7.19. The van der Waals surface area contributed by atoms with Gasteiger partial charge in [-0.05, 0) is 30.2 Å². The molecule has 27 heavy (non-hydrogen) atoms. The first-order valence-electron chi connectivity index (χ1n) is 8.88. The monoisotopic (exact) mass is 367 g/mol. The summed E-state index contributed by atoms with van der Waals surface area (Å²) in [6.45, 7) is 0.968. The van der Waals surface area contributed by atoms with Gasteiger partial charge in [0, 0.05) is 12.5 Å².